The molecule has 0 unspecified atom stereocenters. The molecule has 0 fully saturated rings. The molecule has 0 heterocycles. The molecule has 0 aliphatic rings. The first-order valence-corrected chi connectivity index (χ1v) is 5.78. The number of carbonyl (C=O) groups is 1. The van der Waals surface area contributed by atoms with Gasteiger partial charge < -0.3 is 15.3 Å². The number of hydrogen-bond acceptors (Lipinski definition) is 5. The minimum atomic E-state index is -0.993. The van der Waals surface area contributed by atoms with E-state index in [1.54, 1.807) is 18.2 Å². The molecule has 2 rings (SSSR count). The highest BCUT2D eigenvalue weighted by Gasteiger charge is 2.01. The van der Waals surface area contributed by atoms with E-state index in [0.717, 1.165) is 0 Å². The molecular formula is C14H12N2O4. The molecule has 3 N–H and O–H groups in total. The van der Waals surface area contributed by atoms with Crippen LogP contribution >= 0.6 is 0 Å². The van der Waals surface area contributed by atoms with Gasteiger partial charge in [0.15, 0.2) is 11.5 Å². The van der Waals surface area contributed by atoms with E-state index >= 15 is 0 Å². The van der Waals surface area contributed by atoms with Crippen LogP contribution in [-0.2, 0) is 6.54 Å². The summed E-state index contributed by atoms with van der Waals surface area (Å²) in [6, 6.07) is 10.4. The average molecular weight is 272 g/mol. The highest BCUT2D eigenvalue weighted by atomic mass is 16.4. The zero-order valence-electron chi connectivity index (χ0n) is 10.4. The van der Waals surface area contributed by atoms with Crippen molar-refractivity contribution in [2.75, 3.05) is 0 Å². The van der Waals surface area contributed by atoms with Crippen molar-refractivity contribution in [1.29, 1.82) is 0 Å². The van der Waals surface area contributed by atoms with Crippen molar-refractivity contribution >= 4 is 11.7 Å². The van der Waals surface area contributed by atoms with Crippen LogP contribution in [0.3, 0.4) is 0 Å². The summed E-state index contributed by atoms with van der Waals surface area (Å²) in [7, 11) is 0. The van der Waals surface area contributed by atoms with Crippen LogP contribution in [0, 0.1) is 0 Å². The molecule has 0 aromatic heterocycles. The van der Waals surface area contributed by atoms with Gasteiger partial charge in [0.1, 0.15) is 0 Å². The Kier molecular flexibility index (Phi) is 3.95. The lowest BCUT2D eigenvalue weighted by Crippen LogP contribution is -1.93. The number of aromatic carboxylic acids is 1. The van der Waals surface area contributed by atoms with Crippen LogP contribution in [0.15, 0.2) is 52.7 Å². The maximum absolute atomic E-state index is 10.7. The summed E-state index contributed by atoms with van der Waals surface area (Å²) in [5.74, 6) is -1.38. The molecule has 102 valence electrons. The third-order valence-electron chi connectivity index (χ3n) is 2.59. The topological polar surface area (TPSA) is 102 Å². The zero-order chi connectivity index (χ0) is 14.5. The molecular weight excluding hydrogens is 260 g/mol. The molecule has 6 nitrogen and oxygen atoms in total. The lowest BCUT2D eigenvalue weighted by atomic mass is 10.2. The molecule has 6 heteroatoms. The van der Waals surface area contributed by atoms with Crippen LogP contribution in [0.4, 0.5) is 5.69 Å². The van der Waals surface area contributed by atoms with E-state index in [1.165, 1.54) is 24.3 Å². The van der Waals surface area contributed by atoms with E-state index in [9.17, 15) is 9.90 Å². The van der Waals surface area contributed by atoms with Crippen LogP contribution in [0.1, 0.15) is 15.9 Å². The Bertz CT molecular complexity index is 651. The molecule has 0 radical (unpaired) electrons. The van der Waals surface area contributed by atoms with E-state index < -0.39 is 5.97 Å². The van der Waals surface area contributed by atoms with Gasteiger partial charge in [0.05, 0.1) is 17.8 Å². The third kappa shape index (κ3) is 3.32. The van der Waals surface area contributed by atoms with E-state index in [2.05, 4.69) is 10.2 Å². The molecule has 2 aromatic rings. The highest BCUT2D eigenvalue weighted by Crippen LogP contribution is 2.25. The number of carboxylic acids is 1. The second-order valence-corrected chi connectivity index (χ2v) is 4.07. The number of benzene rings is 2. The standard InChI is InChI=1S/C14H12N2O4/c17-12-6-1-9(7-13(12)18)8-15-16-11-4-2-10(3-5-11)14(19)20/h1-7,17-18H,8H2,(H,19,20). The van der Waals surface area contributed by atoms with Crippen molar-refractivity contribution in [3.05, 3.63) is 53.6 Å². The molecule has 2 aromatic carbocycles. The maximum Gasteiger partial charge on any atom is 0.335 e. The van der Waals surface area contributed by atoms with E-state index in [-0.39, 0.29) is 23.6 Å². The normalized spacial score (nSPS) is 10.8. The second kappa shape index (κ2) is 5.83. The Hall–Kier alpha value is -2.89. The quantitative estimate of drug-likeness (QED) is 0.587. The van der Waals surface area contributed by atoms with Crippen molar-refractivity contribution in [2.24, 2.45) is 10.2 Å². The first-order chi connectivity index (χ1) is 9.56. The van der Waals surface area contributed by atoms with Gasteiger partial charge in [-0.05, 0) is 42.0 Å². The van der Waals surface area contributed by atoms with Crippen LogP contribution < -0.4 is 0 Å². The number of carboxylic acid groups (broad SMARTS) is 1. The van der Waals surface area contributed by atoms with E-state index in [1.807, 2.05) is 0 Å². The third-order valence-corrected chi connectivity index (χ3v) is 2.59. The Labute approximate surface area is 114 Å². The van der Waals surface area contributed by atoms with Crippen LogP contribution in [0.2, 0.25) is 0 Å². The number of phenolic OH excluding ortho intramolecular Hbond substituents is 2. The number of azo groups is 1. The van der Waals surface area contributed by atoms with Crippen molar-refractivity contribution in [1.82, 2.24) is 0 Å². The van der Waals surface area contributed by atoms with Crippen molar-refractivity contribution in [3.63, 3.8) is 0 Å². The molecule has 20 heavy (non-hydrogen) atoms. The van der Waals surface area contributed by atoms with E-state index in [4.69, 9.17) is 10.2 Å². The number of aromatic hydroxyl groups is 2. The minimum Gasteiger partial charge on any atom is -0.504 e. The van der Waals surface area contributed by atoms with Crippen molar-refractivity contribution in [2.45, 2.75) is 6.54 Å². The van der Waals surface area contributed by atoms with Gasteiger partial charge in [-0.25, -0.2) is 4.79 Å². The average Bonchev–Trinajstić information content (AvgIpc) is 2.43. The number of phenols is 2. The Morgan fingerprint density at radius 1 is 1.00 bits per heavy atom. The fourth-order valence-electron chi connectivity index (χ4n) is 1.54. The fraction of sp³-hybridized carbons (Fsp3) is 0.0714. The van der Waals surface area contributed by atoms with Crippen LogP contribution in [0.5, 0.6) is 11.5 Å². The molecule has 0 aliphatic carbocycles. The largest absolute Gasteiger partial charge is 0.504 e. The predicted octanol–water partition coefficient (Wildman–Crippen LogP) is 3.08. The van der Waals surface area contributed by atoms with Gasteiger partial charge in [-0.2, -0.15) is 10.2 Å². The Morgan fingerprint density at radius 3 is 2.30 bits per heavy atom. The molecule has 0 saturated heterocycles. The summed E-state index contributed by atoms with van der Waals surface area (Å²) in [6.45, 7) is 0.245. The summed E-state index contributed by atoms with van der Waals surface area (Å²) in [6.07, 6.45) is 0. The zero-order valence-corrected chi connectivity index (χ0v) is 10.4. The summed E-state index contributed by atoms with van der Waals surface area (Å²) in [4.78, 5) is 10.7. The van der Waals surface area contributed by atoms with E-state index in [0.29, 0.717) is 11.3 Å². The van der Waals surface area contributed by atoms with Gasteiger partial charge in [0.2, 0.25) is 0 Å². The maximum atomic E-state index is 10.7. The van der Waals surface area contributed by atoms with Crippen molar-refractivity contribution in [3.8, 4) is 11.5 Å². The molecule has 0 bridgehead atoms. The lowest BCUT2D eigenvalue weighted by molar-refractivity contribution is 0.0697. The first kappa shape index (κ1) is 13.5. The molecule has 0 spiro atoms. The molecule has 0 saturated carbocycles. The second-order valence-electron chi connectivity index (χ2n) is 4.07. The van der Waals surface area contributed by atoms with Crippen molar-refractivity contribution < 1.29 is 20.1 Å². The van der Waals surface area contributed by atoms with Gasteiger partial charge >= 0.3 is 5.97 Å². The minimum absolute atomic E-state index is 0.185. The van der Waals surface area contributed by atoms with Gasteiger partial charge in [-0.3, -0.25) is 0 Å². The number of rotatable bonds is 4. The van der Waals surface area contributed by atoms with Crippen LogP contribution in [0.25, 0.3) is 0 Å². The van der Waals surface area contributed by atoms with Crippen LogP contribution in [-0.4, -0.2) is 21.3 Å². The molecule has 0 amide bonds. The summed E-state index contributed by atoms with van der Waals surface area (Å²) in [5.41, 5.74) is 1.43. The number of hydrogen-bond donors (Lipinski definition) is 3. The first-order valence-electron chi connectivity index (χ1n) is 5.78. The van der Waals surface area contributed by atoms with Gasteiger partial charge in [0, 0.05) is 0 Å². The fourth-order valence-corrected chi connectivity index (χ4v) is 1.54. The predicted molar refractivity (Wildman–Crippen MR) is 71.4 cm³/mol. The van der Waals surface area contributed by atoms with Gasteiger partial charge in [-0.1, -0.05) is 6.07 Å². The Balaban J connectivity index is 2.02. The highest BCUT2D eigenvalue weighted by molar-refractivity contribution is 5.87. The molecule has 0 atom stereocenters. The van der Waals surface area contributed by atoms with Gasteiger partial charge in [0.25, 0.3) is 0 Å². The summed E-state index contributed by atoms with van der Waals surface area (Å²) in [5, 5.41) is 35.1. The Morgan fingerprint density at radius 2 is 1.70 bits per heavy atom. The molecule has 0 aliphatic heterocycles. The smallest absolute Gasteiger partial charge is 0.335 e. The lowest BCUT2D eigenvalue weighted by Gasteiger charge is -1.99. The number of nitrogens with zero attached hydrogens (tertiary/aromatic N) is 2. The van der Waals surface area contributed by atoms with Gasteiger partial charge in [-0.15, -0.1) is 0 Å². The summed E-state index contributed by atoms with van der Waals surface area (Å²) >= 11 is 0. The summed E-state index contributed by atoms with van der Waals surface area (Å²) < 4.78 is 0. The SMILES string of the molecule is O=C(O)c1ccc(N=NCc2ccc(O)c(O)c2)cc1. The monoisotopic (exact) mass is 272 g/mol.